The molecular formula is C13H19N3O. The fourth-order valence-electron chi connectivity index (χ4n) is 3.17. The van der Waals surface area contributed by atoms with Gasteiger partial charge >= 0.3 is 0 Å². The first-order valence-electron chi connectivity index (χ1n) is 6.37. The predicted octanol–water partition coefficient (Wildman–Crippen LogP) is 0.274. The zero-order chi connectivity index (χ0) is 11.8. The second kappa shape index (κ2) is 4.27. The molecule has 3 heterocycles. The maximum atomic E-state index is 12.1. The van der Waals surface area contributed by atoms with Crippen LogP contribution in [0.25, 0.3) is 0 Å². The summed E-state index contributed by atoms with van der Waals surface area (Å²) in [6.45, 7) is 3.73. The second-order valence-corrected chi connectivity index (χ2v) is 5.22. The summed E-state index contributed by atoms with van der Waals surface area (Å²) in [6.07, 6.45) is 1.23. The average molecular weight is 233 g/mol. The van der Waals surface area contributed by atoms with E-state index in [9.17, 15) is 4.79 Å². The second-order valence-electron chi connectivity index (χ2n) is 5.22. The highest BCUT2D eigenvalue weighted by Gasteiger charge is 2.30. The number of nitrogens with one attached hydrogen (secondary N) is 2. The van der Waals surface area contributed by atoms with E-state index < -0.39 is 0 Å². The number of pyridine rings is 1. The summed E-state index contributed by atoms with van der Waals surface area (Å²) in [6, 6.07) is 3.97. The standard InChI is InChI=1S/C13H19N3O/c1-14-5-9-3-12-11-2-10(6-15-7-11)8-16(12)13(17)4-9/h3-4,10-11,14-15H,2,5-8H2,1H3. The summed E-state index contributed by atoms with van der Waals surface area (Å²) in [5.41, 5.74) is 2.50. The Morgan fingerprint density at radius 2 is 2.35 bits per heavy atom. The van der Waals surface area contributed by atoms with Crippen LogP contribution in [0.2, 0.25) is 0 Å². The Morgan fingerprint density at radius 3 is 3.18 bits per heavy atom. The topological polar surface area (TPSA) is 46.1 Å². The smallest absolute Gasteiger partial charge is 0.251 e. The van der Waals surface area contributed by atoms with Crippen molar-refractivity contribution in [3.05, 3.63) is 33.7 Å². The van der Waals surface area contributed by atoms with Crippen LogP contribution in [-0.2, 0) is 13.1 Å². The van der Waals surface area contributed by atoms with Crippen molar-refractivity contribution in [2.75, 3.05) is 20.1 Å². The van der Waals surface area contributed by atoms with Gasteiger partial charge in [-0.1, -0.05) is 0 Å². The van der Waals surface area contributed by atoms with Crippen LogP contribution in [0, 0.1) is 5.92 Å². The molecule has 92 valence electrons. The van der Waals surface area contributed by atoms with Crippen LogP contribution in [-0.4, -0.2) is 24.7 Å². The van der Waals surface area contributed by atoms with E-state index in [2.05, 4.69) is 16.7 Å². The summed E-state index contributed by atoms with van der Waals surface area (Å²) in [4.78, 5) is 12.1. The van der Waals surface area contributed by atoms with Crippen LogP contribution in [0.15, 0.2) is 16.9 Å². The predicted molar refractivity (Wildman–Crippen MR) is 67.2 cm³/mol. The minimum atomic E-state index is 0.171. The molecule has 2 aliphatic rings. The summed E-state index contributed by atoms with van der Waals surface area (Å²) in [5, 5.41) is 6.58. The number of aromatic nitrogens is 1. The molecule has 0 amide bonds. The van der Waals surface area contributed by atoms with Crippen LogP contribution >= 0.6 is 0 Å². The molecule has 3 rings (SSSR count). The quantitative estimate of drug-likeness (QED) is 0.771. The van der Waals surface area contributed by atoms with Crippen LogP contribution in [0.5, 0.6) is 0 Å². The summed E-state index contributed by atoms with van der Waals surface area (Å²) >= 11 is 0. The van der Waals surface area contributed by atoms with Crippen molar-refractivity contribution >= 4 is 0 Å². The van der Waals surface area contributed by atoms with Crippen LogP contribution < -0.4 is 16.2 Å². The molecule has 17 heavy (non-hydrogen) atoms. The monoisotopic (exact) mass is 233 g/mol. The van der Waals surface area contributed by atoms with Crippen molar-refractivity contribution < 1.29 is 0 Å². The molecule has 0 radical (unpaired) electrons. The van der Waals surface area contributed by atoms with Gasteiger partial charge in [-0.05, 0) is 37.6 Å². The molecule has 2 N–H and O–H groups in total. The highest BCUT2D eigenvalue weighted by Crippen LogP contribution is 2.31. The maximum Gasteiger partial charge on any atom is 0.251 e. The SMILES string of the molecule is CNCc1cc2n(c(=O)c1)CC1CNCC2C1. The number of fused-ring (bicyclic) bond motifs is 4. The minimum absolute atomic E-state index is 0.171. The Balaban J connectivity index is 2.05. The Labute approximate surface area is 101 Å². The first-order valence-corrected chi connectivity index (χ1v) is 6.37. The van der Waals surface area contributed by atoms with Gasteiger partial charge in [0.2, 0.25) is 0 Å². The van der Waals surface area contributed by atoms with Gasteiger partial charge in [-0.3, -0.25) is 4.79 Å². The van der Waals surface area contributed by atoms with Gasteiger partial charge in [-0.2, -0.15) is 0 Å². The lowest BCUT2D eigenvalue weighted by Crippen LogP contribution is -2.45. The Kier molecular flexibility index (Phi) is 2.76. The largest absolute Gasteiger partial charge is 0.316 e. The first kappa shape index (κ1) is 11.0. The van der Waals surface area contributed by atoms with Crippen LogP contribution in [0.1, 0.15) is 23.6 Å². The number of piperidine rings is 1. The number of rotatable bonds is 2. The fourth-order valence-corrected chi connectivity index (χ4v) is 3.17. The number of nitrogens with zero attached hydrogens (tertiary/aromatic N) is 1. The minimum Gasteiger partial charge on any atom is -0.316 e. The van der Waals surface area contributed by atoms with Crippen molar-refractivity contribution in [2.45, 2.75) is 25.4 Å². The third kappa shape index (κ3) is 1.91. The molecule has 0 spiro atoms. The molecule has 0 aromatic carbocycles. The molecular weight excluding hydrogens is 214 g/mol. The van der Waals surface area contributed by atoms with Gasteiger partial charge in [0.1, 0.15) is 0 Å². The summed E-state index contributed by atoms with van der Waals surface area (Å²) in [7, 11) is 1.91. The van der Waals surface area contributed by atoms with Crippen molar-refractivity contribution in [1.29, 1.82) is 0 Å². The van der Waals surface area contributed by atoms with Gasteiger partial charge in [0, 0.05) is 37.3 Å². The highest BCUT2D eigenvalue weighted by atomic mass is 16.1. The van der Waals surface area contributed by atoms with Gasteiger partial charge in [-0.15, -0.1) is 0 Å². The lowest BCUT2D eigenvalue weighted by atomic mass is 9.84. The van der Waals surface area contributed by atoms with Gasteiger partial charge in [0.15, 0.2) is 0 Å². The van der Waals surface area contributed by atoms with E-state index in [1.165, 1.54) is 12.1 Å². The molecule has 0 aliphatic carbocycles. The normalized spacial score (nSPS) is 26.6. The van der Waals surface area contributed by atoms with Crippen molar-refractivity contribution in [3.63, 3.8) is 0 Å². The van der Waals surface area contributed by atoms with E-state index in [0.717, 1.165) is 31.7 Å². The van der Waals surface area contributed by atoms with E-state index in [1.807, 2.05) is 11.6 Å². The third-order valence-electron chi connectivity index (χ3n) is 3.90. The number of hydrogen-bond donors (Lipinski definition) is 2. The molecule has 1 aromatic rings. The Bertz CT molecular complexity index is 480. The molecule has 1 aromatic heterocycles. The molecule has 2 atom stereocenters. The van der Waals surface area contributed by atoms with Crippen molar-refractivity contribution in [2.24, 2.45) is 5.92 Å². The zero-order valence-corrected chi connectivity index (χ0v) is 10.2. The lowest BCUT2D eigenvalue weighted by Gasteiger charge is -2.37. The number of hydrogen-bond acceptors (Lipinski definition) is 3. The molecule has 2 aliphatic heterocycles. The first-order chi connectivity index (χ1) is 8.28. The molecule has 2 unspecified atom stereocenters. The molecule has 0 saturated carbocycles. The Hall–Kier alpha value is -1.13. The fraction of sp³-hybridized carbons (Fsp3) is 0.615. The van der Waals surface area contributed by atoms with E-state index in [4.69, 9.17) is 0 Å². The van der Waals surface area contributed by atoms with E-state index in [1.54, 1.807) is 6.07 Å². The average Bonchev–Trinajstić information content (AvgIpc) is 2.32. The molecule has 1 fully saturated rings. The zero-order valence-electron chi connectivity index (χ0n) is 10.2. The molecule has 2 bridgehead atoms. The molecule has 4 heteroatoms. The maximum absolute atomic E-state index is 12.1. The van der Waals surface area contributed by atoms with Gasteiger partial charge in [0.25, 0.3) is 5.56 Å². The summed E-state index contributed by atoms with van der Waals surface area (Å²) < 4.78 is 1.98. The van der Waals surface area contributed by atoms with Gasteiger partial charge in [0.05, 0.1) is 0 Å². The Morgan fingerprint density at radius 1 is 1.47 bits per heavy atom. The summed E-state index contributed by atoms with van der Waals surface area (Å²) in [5.74, 6) is 1.15. The van der Waals surface area contributed by atoms with Crippen molar-refractivity contribution in [1.82, 2.24) is 15.2 Å². The molecule has 1 saturated heterocycles. The third-order valence-corrected chi connectivity index (χ3v) is 3.90. The van der Waals surface area contributed by atoms with Crippen LogP contribution in [0.3, 0.4) is 0 Å². The lowest BCUT2D eigenvalue weighted by molar-refractivity contribution is 0.257. The van der Waals surface area contributed by atoms with Crippen molar-refractivity contribution in [3.8, 4) is 0 Å². The van der Waals surface area contributed by atoms with E-state index in [-0.39, 0.29) is 5.56 Å². The highest BCUT2D eigenvalue weighted by molar-refractivity contribution is 5.23. The molecule has 4 nitrogen and oxygen atoms in total. The van der Waals surface area contributed by atoms with Crippen LogP contribution in [0.4, 0.5) is 0 Å². The van der Waals surface area contributed by atoms with Gasteiger partial charge < -0.3 is 15.2 Å². The van der Waals surface area contributed by atoms with Gasteiger partial charge in [-0.25, -0.2) is 0 Å². The van der Waals surface area contributed by atoms with E-state index in [0.29, 0.717) is 11.8 Å². The van der Waals surface area contributed by atoms with E-state index >= 15 is 0 Å².